The lowest BCUT2D eigenvalue weighted by Crippen LogP contribution is -2.61. The van der Waals surface area contributed by atoms with E-state index in [1.54, 1.807) is 0 Å². The summed E-state index contributed by atoms with van der Waals surface area (Å²) in [7, 11) is 0. The predicted molar refractivity (Wildman–Crippen MR) is 309 cm³/mol. The van der Waals surface area contributed by atoms with Crippen molar-refractivity contribution in [3.8, 4) is 5.75 Å². The minimum Gasteiger partial charge on any atom is -0.489 e. The molecule has 5 heterocycles. The third kappa shape index (κ3) is 14.2. The van der Waals surface area contributed by atoms with Crippen LogP contribution in [0.2, 0.25) is 0 Å². The number of aromatic nitrogens is 1. The topological polar surface area (TPSA) is 246 Å². The zero-order chi connectivity index (χ0) is 57.0. The van der Waals surface area contributed by atoms with Crippen LogP contribution < -0.4 is 37.1 Å². The molecule has 6 amide bonds. The van der Waals surface area contributed by atoms with E-state index >= 15 is 28.8 Å². The first kappa shape index (κ1) is 56.9. The molecule has 82 heavy (non-hydrogen) atoms. The first-order chi connectivity index (χ1) is 40.0. The van der Waals surface area contributed by atoms with Gasteiger partial charge in [0.25, 0.3) is 0 Å². The van der Waals surface area contributed by atoms with Gasteiger partial charge in [-0.25, -0.2) is 4.79 Å². The van der Waals surface area contributed by atoms with E-state index in [2.05, 4.69) is 31.6 Å². The summed E-state index contributed by atoms with van der Waals surface area (Å²) in [5.74, 6) is -3.51. The molecular formula is C64H73N9O9. The van der Waals surface area contributed by atoms with Crippen molar-refractivity contribution in [3.63, 3.8) is 0 Å². The molecule has 4 aliphatic heterocycles. The number of aryl methyl sites for hydroxylation is 1. The lowest BCUT2D eigenvalue weighted by Gasteiger charge is -2.40. The molecule has 18 nitrogen and oxygen atoms in total. The van der Waals surface area contributed by atoms with E-state index in [1.807, 2.05) is 140 Å². The van der Waals surface area contributed by atoms with E-state index in [-0.39, 0.29) is 76.4 Å². The Bertz CT molecular complexity index is 3200. The maximum Gasteiger partial charge on any atom is 0.407 e. The van der Waals surface area contributed by atoms with Gasteiger partial charge in [-0.2, -0.15) is 0 Å². The van der Waals surface area contributed by atoms with Gasteiger partial charge in [-0.05, 0) is 103 Å². The lowest BCUT2D eigenvalue weighted by atomic mass is 9.83. The van der Waals surface area contributed by atoms with E-state index in [0.29, 0.717) is 30.8 Å². The molecule has 0 unspecified atom stereocenters. The standard InChI is InChI=1S/C64H73N9O9/c65-27-30-67-64(80)82-50-36-56-61(77)69-53(24-21-41-11-3-1-4-12-41)60(76)70-54(33-48-37-68-52-18-10-9-17-51(48)52)58(74)35-47(31-43-25-28-66-29-26-43)59(75)71-55(32-42-19-22-49(23-20-42)81-40-44-13-5-2-6-14-44)62(78)72-38-46-16-8-7-15-45(46)34-57(72)63(79)73(56)39-50/h1-20,22-23,37,43,47,50,53-57,66,68H,21,24-36,38-40,65H2,(H,67,80)(H,69,77)(H,70,76)(H,71,75)/t47-,50-,53+,54+,55+,56+,57+/m1/s1. The number of H-pyrrole nitrogens is 1. The van der Waals surface area contributed by atoms with Gasteiger partial charge < -0.3 is 56.6 Å². The smallest absolute Gasteiger partial charge is 0.407 e. The number of Topliss-reactive ketones (excluding diaryl/α,β-unsaturated/α-hetero) is 1. The van der Waals surface area contributed by atoms with Gasteiger partial charge in [-0.3, -0.25) is 28.8 Å². The highest BCUT2D eigenvalue weighted by molar-refractivity contribution is 5.99. The Morgan fingerprint density at radius 3 is 2.09 bits per heavy atom. The van der Waals surface area contributed by atoms with Crippen LogP contribution in [0, 0.1) is 11.8 Å². The maximum atomic E-state index is 15.9. The van der Waals surface area contributed by atoms with E-state index in [9.17, 15) is 4.79 Å². The van der Waals surface area contributed by atoms with E-state index in [0.717, 1.165) is 64.7 Å². The van der Waals surface area contributed by atoms with Crippen LogP contribution in [0.15, 0.2) is 140 Å². The minimum absolute atomic E-state index is 0.00438. The summed E-state index contributed by atoms with van der Waals surface area (Å²) in [6.07, 6.45) is 2.22. The van der Waals surface area contributed by atoms with Crippen molar-refractivity contribution in [1.82, 2.24) is 41.4 Å². The molecule has 4 aliphatic rings. The number of amides is 6. The van der Waals surface area contributed by atoms with Gasteiger partial charge in [0.05, 0.1) is 12.6 Å². The van der Waals surface area contributed by atoms with Crippen LogP contribution >= 0.6 is 0 Å². The average Bonchev–Trinajstić information content (AvgIpc) is 4.30. The van der Waals surface area contributed by atoms with Crippen molar-refractivity contribution in [1.29, 1.82) is 0 Å². The van der Waals surface area contributed by atoms with Crippen molar-refractivity contribution >= 4 is 52.3 Å². The van der Waals surface area contributed by atoms with E-state index < -0.39 is 77.9 Å². The van der Waals surface area contributed by atoms with E-state index in [4.69, 9.17) is 15.2 Å². The third-order valence-electron chi connectivity index (χ3n) is 16.5. The number of nitrogens with one attached hydrogen (secondary N) is 6. The Balaban J connectivity index is 1.05. The predicted octanol–water partition coefficient (Wildman–Crippen LogP) is 5.21. The Morgan fingerprint density at radius 2 is 1.33 bits per heavy atom. The molecule has 0 aliphatic carbocycles. The fraction of sp³-hybridized carbons (Fsp3) is 0.391. The number of carbonyl (C=O) groups excluding carboxylic acids is 7. The number of para-hydroxylation sites is 1. The monoisotopic (exact) mass is 1110 g/mol. The number of carbonyl (C=O) groups is 7. The highest BCUT2D eigenvalue weighted by Crippen LogP contribution is 2.32. The summed E-state index contributed by atoms with van der Waals surface area (Å²) in [5.41, 5.74) is 11.5. The van der Waals surface area contributed by atoms with E-state index in [1.165, 1.54) is 9.80 Å². The van der Waals surface area contributed by atoms with Crippen molar-refractivity contribution < 1.29 is 43.0 Å². The first-order valence-corrected chi connectivity index (χ1v) is 28.8. The molecule has 18 heteroatoms. The second kappa shape index (κ2) is 26.9. The van der Waals surface area contributed by atoms with Crippen molar-refractivity contribution in [2.75, 3.05) is 32.7 Å². The van der Waals surface area contributed by atoms with Gasteiger partial charge in [0.15, 0.2) is 5.78 Å². The number of rotatable bonds is 15. The molecule has 10 rings (SSSR count). The van der Waals surface area contributed by atoms with Crippen molar-refractivity contribution in [2.45, 2.75) is 114 Å². The zero-order valence-electron chi connectivity index (χ0n) is 46.1. The summed E-state index contributed by atoms with van der Waals surface area (Å²) < 4.78 is 12.0. The van der Waals surface area contributed by atoms with Gasteiger partial charge in [-0.15, -0.1) is 0 Å². The summed E-state index contributed by atoms with van der Waals surface area (Å²) in [6, 6.07) is 35.7. The highest BCUT2D eigenvalue weighted by atomic mass is 16.6. The van der Waals surface area contributed by atoms with Gasteiger partial charge in [-0.1, -0.05) is 115 Å². The molecule has 0 saturated carbocycles. The summed E-state index contributed by atoms with van der Waals surface area (Å²) in [6.45, 7) is 1.91. The number of aromatic amines is 1. The van der Waals surface area contributed by atoms with Crippen LogP contribution in [0.4, 0.5) is 4.79 Å². The number of nitrogens with two attached hydrogens (primary N) is 1. The number of ketones is 1. The number of alkyl carbamates (subject to hydrolysis) is 1. The molecule has 5 aromatic carbocycles. The molecule has 0 spiro atoms. The second-order valence-corrected chi connectivity index (χ2v) is 22.1. The molecule has 3 fully saturated rings. The fourth-order valence-corrected chi connectivity index (χ4v) is 12.0. The summed E-state index contributed by atoms with van der Waals surface area (Å²) >= 11 is 0. The summed E-state index contributed by atoms with van der Waals surface area (Å²) in [4.78, 5) is 112. The van der Waals surface area contributed by atoms with Gasteiger partial charge in [0.2, 0.25) is 29.5 Å². The number of benzene rings is 5. The lowest BCUT2D eigenvalue weighted by molar-refractivity contribution is -0.151. The normalized spacial score (nSPS) is 23.1. The molecule has 6 aromatic rings. The number of fused-ring (bicyclic) bond motifs is 4. The highest BCUT2D eigenvalue weighted by Gasteiger charge is 2.48. The van der Waals surface area contributed by atoms with Crippen LogP contribution in [0.3, 0.4) is 0 Å². The number of piperidine rings is 1. The molecule has 3 saturated heterocycles. The van der Waals surface area contributed by atoms with Crippen LogP contribution in [-0.4, -0.2) is 125 Å². The molecule has 7 atom stereocenters. The zero-order valence-corrected chi connectivity index (χ0v) is 46.1. The van der Waals surface area contributed by atoms with Gasteiger partial charge in [0, 0.05) is 74.8 Å². The fourth-order valence-electron chi connectivity index (χ4n) is 12.0. The quantitative estimate of drug-likeness (QED) is 0.0704. The Labute approximate surface area is 477 Å². The van der Waals surface area contributed by atoms with Crippen molar-refractivity contribution in [2.24, 2.45) is 17.6 Å². The number of nitrogens with zero attached hydrogens (tertiary/aromatic N) is 2. The van der Waals surface area contributed by atoms with Crippen molar-refractivity contribution in [3.05, 3.63) is 173 Å². The number of hydrogen-bond donors (Lipinski definition) is 7. The Morgan fingerprint density at radius 1 is 0.646 bits per heavy atom. The number of ether oxygens (including phenoxy) is 2. The van der Waals surface area contributed by atoms with Gasteiger partial charge >= 0.3 is 6.09 Å². The maximum absolute atomic E-state index is 15.9. The second-order valence-electron chi connectivity index (χ2n) is 22.1. The van der Waals surface area contributed by atoms with Crippen LogP contribution in [0.25, 0.3) is 10.9 Å². The largest absolute Gasteiger partial charge is 0.489 e. The molecule has 8 N–H and O–H groups in total. The Kier molecular flexibility index (Phi) is 18.7. The summed E-state index contributed by atoms with van der Waals surface area (Å²) in [5, 5.41) is 16.1. The molecule has 0 radical (unpaired) electrons. The molecule has 0 bridgehead atoms. The molecular weight excluding hydrogens is 1040 g/mol. The van der Waals surface area contributed by atoms with Crippen LogP contribution in [0.5, 0.6) is 5.75 Å². The number of hydrogen-bond acceptors (Lipinski definition) is 11. The van der Waals surface area contributed by atoms with Crippen LogP contribution in [-0.2, 0) is 72.3 Å². The first-order valence-electron chi connectivity index (χ1n) is 28.8. The average molecular weight is 1110 g/mol. The molecule has 428 valence electrons. The molecule has 1 aromatic heterocycles. The van der Waals surface area contributed by atoms with Gasteiger partial charge in [0.1, 0.15) is 42.6 Å². The minimum atomic E-state index is -1.27. The van der Waals surface area contributed by atoms with Crippen LogP contribution in [0.1, 0.15) is 71.9 Å². The SMILES string of the molecule is NCCNC(=O)O[C@@H]1C[C@H]2C(=O)N[C@@H](CCc3ccccc3)C(=O)N[C@@H](Cc3c[nH]c4ccccc34)C(=O)C[C@@H](CC3CCNCC3)C(=O)N[C@@H](Cc3ccc(OCc4ccccc4)cc3)C(=O)N3Cc4ccccc4C[C@H]3C(=O)N2C1. The third-order valence-corrected chi connectivity index (χ3v) is 16.5. The Hall–Kier alpha value is -8.35.